The van der Waals surface area contributed by atoms with E-state index in [-0.39, 0.29) is 5.69 Å². The van der Waals surface area contributed by atoms with Crippen LogP contribution in [0.15, 0.2) is 36.5 Å². The maximum atomic E-state index is 10.7. The van der Waals surface area contributed by atoms with Crippen LogP contribution in [0, 0.1) is 10.1 Å². The zero-order valence-corrected chi connectivity index (χ0v) is 9.88. The topological polar surface area (TPSA) is 61.0 Å². The summed E-state index contributed by atoms with van der Waals surface area (Å²) in [6.45, 7) is 0.589. The van der Waals surface area contributed by atoms with Crippen molar-refractivity contribution in [2.75, 3.05) is 5.75 Å². The van der Waals surface area contributed by atoms with Crippen molar-refractivity contribution in [2.45, 2.75) is 6.54 Å². The van der Waals surface area contributed by atoms with E-state index in [4.69, 9.17) is 0 Å². The molecule has 2 aromatic rings. The highest BCUT2D eigenvalue weighted by atomic mass is 32.1. The summed E-state index contributed by atoms with van der Waals surface area (Å²) in [5.41, 5.74) is 0.848. The number of nitro benzene ring substituents is 1. The van der Waals surface area contributed by atoms with Gasteiger partial charge < -0.3 is 0 Å². The highest BCUT2D eigenvalue weighted by Gasteiger charge is 2.09. The number of allylic oxidation sites excluding steroid dienone is 1. The van der Waals surface area contributed by atoms with Crippen LogP contribution in [-0.2, 0) is 6.54 Å². The molecule has 88 valence electrons. The van der Waals surface area contributed by atoms with E-state index in [9.17, 15) is 10.1 Å². The van der Waals surface area contributed by atoms with Gasteiger partial charge in [-0.2, -0.15) is 17.7 Å². The van der Waals surface area contributed by atoms with E-state index in [1.807, 2.05) is 12.2 Å². The van der Waals surface area contributed by atoms with Gasteiger partial charge in [-0.1, -0.05) is 12.2 Å². The van der Waals surface area contributed by atoms with Crippen molar-refractivity contribution in [3.05, 3.63) is 46.7 Å². The fourth-order valence-corrected chi connectivity index (χ4v) is 1.72. The lowest BCUT2D eigenvalue weighted by atomic mass is 10.2. The number of non-ortho nitro benzene ring substituents is 1. The van der Waals surface area contributed by atoms with Crippen LogP contribution < -0.4 is 0 Å². The van der Waals surface area contributed by atoms with Crippen molar-refractivity contribution in [3.63, 3.8) is 0 Å². The molecule has 5 nitrogen and oxygen atoms in total. The minimum Gasteiger partial charge on any atom is -0.261 e. The third-order valence-electron chi connectivity index (χ3n) is 2.39. The summed E-state index contributed by atoms with van der Waals surface area (Å²) < 4.78 is 1.72. The Bertz CT molecular complexity index is 577. The van der Waals surface area contributed by atoms with Gasteiger partial charge in [0.2, 0.25) is 0 Å². The van der Waals surface area contributed by atoms with Crippen molar-refractivity contribution in [3.8, 4) is 0 Å². The van der Waals surface area contributed by atoms with Gasteiger partial charge in [-0.25, -0.2) is 0 Å². The van der Waals surface area contributed by atoms with Crippen LogP contribution in [0.1, 0.15) is 0 Å². The summed E-state index contributed by atoms with van der Waals surface area (Å²) in [6.07, 6.45) is 5.54. The predicted molar refractivity (Wildman–Crippen MR) is 69.4 cm³/mol. The molecule has 0 N–H and O–H groups in total. The molecule has 0 fully saturated rings. The van der Waals surface area contributed by atoms with Gasteiger partial charge in [-0.3, -0.25) is 14.8 Å². The van der Waals surface area contributed by atoms with E-state index in [0.717, 1.165) is 10.9 Å². The molecular formula is C11H11N3O2S. The second-order valence-electron chi connectivity index (χ2n) is 3.48. The van der Waals surface area contributed by atoms with Crippen molar-refractivity contribution < 1.29 is 4.92 Å². The van der Waals surface area contributed by atoms with E-state index in [0.29, 0.717) is 12.3 Å². The highest BCUT2D eigenvalue weighted by molar-refractivity contribution is 7.80. The Balaban J connectivity index is 2.39. The molecular weight excluding hydrogens is 238 g/mol. The van der Waals surface area contributed by atoms with E-state index in [2.05, 4.69) is 17.7 Å². The molecule has 2 rings (SSSR count). The quantitative estimate of drug-likeness (QED) is 0.392. The Morgan fingerprint density at radius 3 is 3.00 bits per heavy atom. The zero-order chi connectivity index (χ0) is 12.3. The molecule has 0 aliphatic rings. The number of hydrogen-bond acceptors (Lipinski definition) is 4. The van der Waals surface area contributed by atoms with Gasteiger partial charge in [0.05, 0.1) is 23.2 Å². The second-order valence-corrected chi connectivity index (χ2v) is 3.85. The van der Waals surface area contributed by atoms with Gasteiger partial charge in [0, 0.05) is 23.3 Å². The van der Waals surface area contributed by atoms with Crippen molar-refractivity contribution in [2.24, 2.45) is 0 Å². The molecule has 0 atom stereocenters. The Labute approximate surface area is 103 Å². The van der Waals surface area contributed by atoms with Crippen LogP contribution in [0.25, 0.3) is 10.9 Å². The highest BCUT2D eigenvalue weighted by Crippen LogP contribution is 2.20. The van der Waals surface area contributed by atoms with Crippen LogP contribution in [0.5, 0.6) is 0 Å². The summed E-state index contributed by atoms with van der Waals surface area (Å²) in [6, 6.07) is 4.73. The SMILES string of the molecule is O=[N+]([O-])c1ccc2cnn(CC=CCS)c2c1. The lowest BCUT2D eigenvalue weighted by Crippen LogP contribution is -1.97. The van der Waals surface area contributed by atoms with Crippen molar-refractivity contribution >= 4 is 29.2 Å². The lowest BCUT2D eigenvalue weighted by molar-refractivity contribution is -0.384. The Hall–Kier alpha value is -1.82. The number of aromatic nitrogens is 2. The van der Waals surface area contributed by atoms with Gasteiger partial charge in [0.15, 0.2) is 0 Å². The van der Waals surface area contributed by atoms with Crippen LogP contribution in [0.3, 0.4) is 0 Å². The Morgan fingerprint density at radius 1 is 1.47 bits per heavy atom. The average Bonchev–Trinajstić information content (AvgIpc) is 2.72. The van der Waals surface area contributed by atoms with E-state index < -0.39 is 4.92 Å². The number of nitro groups is 1. The molecule has 17 heavy (non-hydrogen) atoms. The summed E-state index contributed by atoms with van der Waals surface area (Å²) in [5.74, 6) is 0.666. The van der Waals surface area contributed by atoms with Crippen LogP contribution in [0.2, 0.25) is 0 Å². The van der Waals surface area contributed by atoms with Crippen LogP contribution in [0.4, 0.5) is 5.69 Å². The first-order valence-electron chi connectivity index (χ1n) is 5.08. The molecule has 1 aromatic carbocycles. The maximum absolute atomic E-state index is 10.7. The van der Waals surface area contributed by atoms with Crippen molar-refractivity contribution in [1.29, 1.82) is 0 Å². The molecule has 0 aliphatic carbocycles. The first-order valence-corrected chi connectivity index (χ1v) is 5.71. The summed E-state index contributed by atoms with van der Waals surface area (Å²) in [4.78, 5) is 10.3. The summed E-state index contributed by atoms with van der Waals surface area (Å²) in [7, 11) is 0. The first kappa shape index (κ1) is 11.7. The second kappa shape index (κ2) is 5.01. The smallest absolute Gasteiger partial charge is 0.261 e. The average molecular weight is 249 g/mol. The number of thiol groups is 1. The summed E-state index contributed by atoms with van der Waals surface area (Å²) in [5, 5.41) is 15.8. The molecule has 6 heteroatoms. The van der Waals surface area contributed by atoms with Gasteiger partial charge in [0.1, 0.15) is 0 Å². The monoisotopic (exact) mass is 249 g/mol. The third kappa shape index (κ3) is 2.47. The minimum absolute atomic E-state index is 0.0809. The molecule has 0 aliphatic heterocycles. The summed E-state index contributed by atoms with van der Waals surface area (Å²) >= 11 is 4.06. The maximum Gasteiger partial charge on any atom is 0.271 e. The standard InChI is InChI=1S/C11H11N3O2S/c15-14(16)10-4-3-9-8-12-13(11(9)7-10)5-1-2-6-17/h1-4,7-8,17H,5-6H2. The minimum atomic E-state index is -0.402. The van der Waals surface area contributed by atoms with Crippen molar-refractivity contribution in [1.82, 2.24) is 9.78 Å². The molecule has 0 unspecified atom stereocenters. The molecule has 0 saturated carbocycles. The van der Waals surface area contributed by atoms with Crippen LogP contribution in [-0.4, -0.2) is 20.5 Å². The number of hydrogen-bond donors (Lipinski definition) is 1. The van der Waals surface area contributed by atoms with Gasteiger partial charge in [-0.15, -0.1) is 0 Å². The van der Waals surface area contributed by atoms with E-state index in [1.165, 1.54) is 12.1 Å². The molecule has 0 bridgehead atoms. The largest absolute Gasteiger partial charge is 0.271 e. The molecule has 1 heterocycles. The van der Waals surface area contributed by atoms with Crippen LogP contribution >= 0.6 is 12.6 Å². The fourth-order valence-electron chi connectivity index (χ4n) is 1.57. The molecule has 1 aromatic heterocycles. The lowest BCUT2D eigenvalue weighted by Gasteiger charge is -1.98. The molecule has 0 radical (unpaired) electrons. The van der Waals surface area contributed by atoms with Gasteiger partial charge >= 0.3 is 0 Å². The molecule has 0 amide bonds. The molecule has 0 spiro atoms. The Morgan fingerprint density at radius 2 is 2.29 bits per heavy atom. The fraction of sp³-hybridized carbons (Fsp3) is 0.182. The zero-order valence-electron chi connectivity index (χ0n) is 8.98. The Kier molecular flexibility index (Phi) is 3.43. The molecule has 0 saturated heterocycles. The predicted octanol–water partition coefficient (Wildman–Crippen LogP) is 2.43. The van der Waals surface area contributed by atoms with Gasteiger partial charge in [0.25, 0.3) is 5.69 Å². The number of rotatable bonds is 4. The van der Waals surface area contributed by atoms with E-state index >= 15 is 0 Å². The number of benzene rings is 1. The van der Waals surface area contributed by atoms with E-state index in [1.54, 1.807) is 16.9 Å². The number of nitrogens with zero attached hydrogens (tertiary/aromatic N) is 3. The van der Waals surface area contributed by atoms with Gasteiger partial charge in [-0.05, 0) is 6.07 Å². The number of fused-ring (bicyclic) bond motifs is 1. The third-order valence-corrected chi connectivity index (χ3v) is 2.60. The normalized spacial score (nSPS) is 11.4. The first-order chi connectivity index (χ1) is 8.22.